The lowest BCUT2D eigenvalue weighted by atomic mass is 10.0. The molecule has 0 saturated carbocycles. The van der Waals surface area contributed by atoms with Gasteiger partial charge < -0.3 is 0 Å². The number of hydrogen-bond acceptors (Lipinski definition) is 0. The molecule has 0 aliphatic heterocycles. The Morgan fingerprint density at radius 2 is 2.14 bits per heavy atom. The van der Waals surface area contributed by atoms with Crippen LogP contribution in [0.1, 0.15) is 25.7 Å². The van der Waals surface area contributed by atoms with Gasteiger partial charge in [-0.15, -0.1) is 0 Å². The predicted molar refractivity (Wildman–Crippen MR) is 60.7 cm³/mol. The summed E-state index contributed by atoms with van der Waals surface area (Å²) in [6, 6.07) is 0. The molecule has 0 aromatic heterocycles. The molecule has 0 bridgehead atoms. The molecule has 0 heteroatoms. The lowest BCUT2D eigenvalue weighted by Crippen LogP contribution is -1.85. The van der Waals surface area contributed by atoms with Crippen LogP contribution in [0.3, 0.4) is 0 Å². The molecule has 14 heavy (non-hydrogen) atoms. The second-order valence-corrected chi connectivity index (χ2v) is 3.61. The predicted octanol–water partition coefficient (Wildman–Crippen LogP) is 3.90. The van der Waals surface area contributed by atoms with E-state index in [4.69, 9.17) is 0 Å². The Morgan fingerprint density at radius 3 is 3.14 bits per heavy atom. The van der Waals surface area contributed by atoms with Crippen molar-refractivity contribution in [2.24, 2.45) is 0 Å². The SMILES string of the molecule is [C]1=CC=C(C2=CC=CCCC2)C=CC1. The van der Waals surface area contributed by atoms with Crippen LogP contribution in [0, 0.1) is 6.08 Å². The molecule has 2 rings (SSSR count). The zero-order valence-electron chi connectivity index (χ0n) is 8.37. The Balaban J connectivity index is 2.20. The minimum absolute atomic E-state index is 0.934. The molecule has 0 heterocycles. The van der Waals surface area contributed by atoms with E-state index in [0.717, 1.165) is 6.42 Å². The fraction of sp³-hybridized carbons (Fsp3) is 0.286. The maximum atomic E-state index is 3.20. The summed E-state index contributed by atoms with van der Waals surface area (Å²) < 4.78 is 0. The molecule has 0 saturated heterocycles. The smallest absolute Gasteiger partial charge is 0.00913 e. The summed E-state index contributed by atoms with van der Waals surface area (Å²) in [7, 11) is 0. The molecule has 1 radical (unpaired) electrons. The first kappa shape index (κ1) is 9.26. The fourth-order valence-electron chi connectivity index (χ4n) is 1.75. The van der Waals surface area contributed by atoms with Gasteiger partial charge in [0.15, 0.2) is 0 Å². The van der Waals surface area contributed by atoms with Crippen molar-refractivity contribution >= 4 is 0 Å². The van der Waals surface area contributed by atoms with Crippen molar-refractivity contribution in [3.63, 3.8) is 0 Å². The molecule has 0 N–H and O–H groups in total. The van der Waals surface area contributed by atoms with E-state index in [0.29, 0.717) is 0 Å². The third-order valence-electron chi connectivity index (χ3n) is 2.54. The van der Waals surface area contributed by atoms with Crippen LogP contribution in [0.2, 0.25) is 0 Å². The van der Waals surface area contributed by atoms with Gasteiger partial charge in [0.05, 0.1) is 0 Å². The molecule has 0 spiro atoms. The van der Waals surface area contributed by atoms with Gasteiger partial charge in [0, 0.05) is 0 Å². The molecular formula is C14H15. The van der Waals surface area contributed by atoms with Crippen molar-refractivity contribution in [1.82, 2.24) is 0 Å². The van der Waals surface area contributed by atoms with E-state index in [1.807, 2.05) is 6.08 Å². The zero-order chi connectivity index (χ0) is 9.64. The van der Waals surface area contributed by atoms with Gasteiger partial charge in [-0.2, -0.15) is 0 Å². The zero-order valence-corrected chi connectivity index (χ0v) is 8.37. The topological polar surface area (TPSA) is 0 Å². The highest BCUT2D eigenvalue weighted by atomic mass is 14.1. The van der Waals surface area contributed by atoms with Crippen molar-refractivity contribution in [3.05, 3.63) is 59.8 Å². The largest absolute Gasteiger partial charge is 0.0845 e. The summed E-state index contributed by atoms with van der Waals surface area (Å²) in [5, 5.41) is 0. The van der Waals surface area contributed by atoms with E-state index >= 15 is 0 Å². The molecule has 0 amide bonds. The fourth-order valence-corrected chi connectivity index (χ4v) is 1.75. The Hall–Kier alpha value is -1.30. The first-order valence-electron chi connectivity index (χ1n) is 5.26. The third kappa shape index (κ3) is 2.35. The lowest BCUT2D eigenvalue weighted by molar-refractivity contribution is 0.849. The highest BCUT2D eigenvalue weighted by Crippen LogP contribution is 2.22. The van der Waals surface area contributed by atoms with Gasteiger partial charge in [-0.25, -0.2) is 0 Å². The highest BCUT2D eigenvalue weighted by molar-refractivity contribution is 5.44. The lowest BCUT2D eigenvalue weighted by Gasteiger charge is -2.05. The summed E-state index contributed by atoms with van der Waals surface area (Å²) >= 11 is 0. The van der Waals surface area contributed by atoms with Crippen LogP contribution in [0.4, 0.5) is 0 Å². The van der Waals surface area contributed by atoms with E-state index in [9.17, 15) is 0 Å². The molecule has 0 fully saturated rings. The van der Waals surface area contributed by atoms with Crippen molar-refractivity contribution in [2.45, 2.75) is 25.7 Å². The minimum Gasteiger partial charge on any atom is -0.0845 e. The maximum absolute atomic E-state index is 3.20. The van der Waals surface area contributed by atoms with Crippen LogP contribution in [-0.2, 0) is 0 Å². The van der Waals surface area contributed by atoms with Gasteiger partial charge in [0.1, 0.15) is 0 Å². The van der Waals surface area contributed by atoms with Gasteiger partial charge in [0.2, 0.25) is 0 Å². The summed E-state index contributed by atoms with van der Waals surface area (Å²) in [6.07, 6.45) is 23.0. The first-order chi connectivity index (χ1) is 6.97. The van der Waals surface area contributed by atoms with Crippen LogP contribution in [0.5, 0.6) is 0 Å². The van der Waals surface area contributed by atoms with Crippen LogP contribution in [0.15, 0.2) is 53.7 Å². The quantitative estimate of drug-likeness (QED) is 0.578. The Labute approximate surface area is 86.0 Å². The molecule has 2 aliphatic rings. The molecule has 0 atom stereocenters. The Bertz CT molecular complexity index is 335. The molecule has 0 aromatic rings. The molecule has 0 nitrogen and oxygen atoms in total. The van der Waals surface area contributed by atoms with Crippen molar-refractivity contribution < 1.29 is 0 Å². The van der Waals surface area contributed by atoms with Crippen LogP contribution < -0.4 is 0 Å². The maximum Gasteiger partial charge on any atom is -0.00913 e. The average Bonchev–Trinajstić information content (AvgIpc) is 2.62. The minimum atomic E-state index is 0.934. The summed E-state index contributed by atoms with van der Waals surface area (Å²) in [5.74, 6) is 0. The molecule has 0 unspecified atom stereocenters. The van der Waals surface area contributed by atoms with Crippen molar-refractivity contribution in [1.29, 1.82) is 0 Å². The number of hydrogen-bond donors (Lipinski definition) is 0. The number of allylic oxidation sites excluding steroid dienone is 10. The van der Waals surface area contributed by atoms with E-state index in [-0.39, 0.29) is 0 Å². The van der Waals surface area contributed by atoms with Gasteiger partial charge in [-0.1, -0.05) is 42.5 Å². The third-order valence-corrected chi connectivity index (χ3v) is 2.54. The van der Waals surface area contributed by atoms with Gasteiger partial charge in [-0.3, -0.25) is 0 Å². The van der Waals surface area contributed by atoms with E-state index in [1.54, 1.807) is 0 Å². The van der Waals surface area contributed by atoms with Crippen LogP contribution in [-0.4, -0.2) is 0 Å². The number of rotatable bonds is 1. The standard InChI is InChI=1S/C14H15/c1-2-6-10-13(9-5-1)14-11-7-3-4-8-12-14/h1,5,7-9,11-12H,2-3,6,10H2. The Kier molecular flexibility index (Phi) is 3.18. The monoisotopic (exact) mass is 183 g/mol. The van der Waals surface area contributed by atoms with Gasteiger partial charge in [-0.05, 0) is 42.9 Å². The van der Waals surface area contributed by atoms with E-state index in [1.165, 1.54) is 30.4 Å². The molecule has 71 valence electrons. The summed E-state index contributed by atoms with van der Waals surface area (Å²) in [5.41, 5.74) is 2.80. The second-order valence-electron chi connectivity index (χ2n) is 3.61. The molecular weight excluding hydrogens is 168 g/mol. The highest BCUT2D eigenvalue weighted by Gasteiger charge is 2.03. The molecule has 2 aliphatic carbocycles. The van der Waals surface area contributed by atoms with E-state index < -0.39 is 0 Å². The summed E-state index contributed by atoms with van der Waals surface area (Å²) in [4.78, 5) is 0. The first-order valence-corrected chi connectivity index (χ1v) is 5.26. The Morgan fingerprint density at radius 1 is 1.14 bits per heavy atom. The second kappa shape index (κ2) is 4.80. The van der Waals surface area contributed by atoms with Gasteiger partial charge >= 0.3 is 0 Å². The molecule has 0 aromatic carbocycles. The van der Waals surface area contributed by atoms with E-state index in [2.05, 4.69) is 42.5 Å². The summed E-state index contributed by atoms with van der Waals surface area (Å²) in [6.45, 7) is 0. The average molecular weight is 183 g/mol. The van der Waals surface area contributed by atoms with Gasteiger partial charge in [0.25, 0.3) is 0 Å². The normalized spacial score (nSPS) is 21.1. The van der Waals surface area contributed by atoms with Crippen molar-refractivity contribution in [3.8, 4) is 0 Å². The van der Waals surface area contributed by atoms with Crippen LogP contribution >= 0.6 is 0 Å². The van der Waals surface area contributed by atoms with Crippen molar-refractivity contribution in [2.75, 3.05) is 0 Å². The van der Waals surface area contributed by atoms with Crippen LogP contribution in [0.25, 0.3) is 0 Å².